The van der Waals surface area contributed by atoms with E-state index in [9.17, 15) is 0 Å². The van der Waals surface area contributed by atoms with Crippen molar-refractivity contribution in [3.8, 4) is 17.2 Å². The van der Waals surface area contributed by atoms with E-state index >= 15 is 0 Å². The largest absolute Gasteiger partial charge is 0.486 e. The molecule has 6 nitrogen and oxygen atoms in total. The van der Waals surface area contributed by atoms with E-state index in [2.05, 4.69) is 10.2 Å². The first-order chi connectivity index (χ1) is 10.2. The van der Waals surface area contributed by atoms with Gasteiger partial charge in [-0.2, -0.15) is 4.80 Å². The molecule has 0 amide bonds. The van der Waals surface area contributed by atoms with E-state index in [1.165, 1.54) is 0 Å². The van der Waals surface area contributed by atoms with Crippen LogP contribution in [0.3, 0.4) is 0 Å². The van der Waals surface area contributed by atoms with E-state index in [1.54, 1.807) is 4.80 Å². The molecule has 2 aromatic carbocycles. The molecule has 2 heterocycles. The van der Waals surface area contributed by atoms with Crippen LogP contribution < -0.4 is 15.2 Å². The van der Waals surface area contributed by atoms with Crippen LogP contribution in [0.25, 0.3) is 16.7 Å². The molecule has 0 fully saturated rings. The molecule has 4 rings (SSSR count). The maximum atomic E-state index is 5.91. The van der Waals surface area contributed by atoms with Gasteiger partial charge in [0.1, 0.15) is 24.2 Å². The summed E-state index contributed by atoms with van der Waals surface area (Å²) in [6, 6.07) is 9.43. The highest BCUT2D eigenvalue weighted by atomic mass is 16.6. The lowest BCUT2D eigenvalue weighted by Gasteiger charge is -2.18. The van der Waals surface area contributed by atoms with E-state index in [-0.39, 0.29) is 0 Å². The van der Waals surface area contributed by atoms with Crippen molar-refractivity contribution in [3.05, 3.63) is 35.9 Å². The average molecular weight is 282 g/mol. The van der Waals surface area contributed by atoms with Gasteiger partial charge in [-0.05, 0) is 36.8 Å². The molecule has 6 heteroatoms. The van der Waals surface area contributed by atoms with Crippen molar-refractivity contribution < 1.29 is 9.47 Å². The summed E-state index contributed by atoms with van der Waals surface area (Å²) in [6.07, 6.45) is 0. The number of aryl methyl sites for hydroxylation is 1. The van der Waals surface area contributed by atoms with Crippen LogP contribution in [-0.2, 0) is 0 Å². The van der Waals surface area contributed by atoms with Gasteiger partial charge < -0.3 is 15.2 Å². The van der Waals surface area contributed by atoms with Gasteiger partial charge in [-0.25, -0.2) is 0 Å². The summed E-state index contributed by atoms with van der Waals surface area (Å²) >= 11 is 0. The highest BCUT2D eigenvalue weighted by molar-refractivity contribution is 5.79. The van der Waals surface area contributed by atoms with Crippen molar-refractivity contribution in [2.24, 2.45) is 0 Å². The van der Waals surface area contributed by atoms with Crippen LogP contribution in [0.4, 0.5) is 5.69 Å². The van der Waals surface area contributed by atoms with Crippen LogP contribution in [0.15, 0.2) is 30.3 Å². The number of nitrogens with two attached hydrogens (primary N) is 1. The number of benzene rings is 2. The van der Waals surface area contributed by atoms with Gasteiger partial charge in [-0.3, -0.25) is 0 Å². The summed E-state index contributed by atoms with van der Waals surface area (Å²) in [4.78, 5) is 1.59. The van der Waals surface area contributed by atoms with Gasteiger partial charge in [0.15, 0.2) is 11.5 Å². The zero-order valence-electron chi connectivity index (χ0n) is 11.5. The summed E-state index contributed by atoms with van der Waals surface area (Å²) in [5.41, 5.74) is 10.0. The third-order valence-electron chi connectivity index (χ3n) is 3.52. The lowest BCUT2D eigenvalue weighted by Crippen LogP contribution is -2.15. The molecular weight excluding hydrogens is 268 g/mol. The van der Waals surface area contributed by atoms with E-state index in [0.717, 1.165) is 39.5 Å². The first-order valence-electron chi connectivity index (χ1n) is 6.74. The Balaban J connectivity index is 1.82. The SMILES string of the molecule is Cc1cc2nn(-c3ccc4c(c3)OCCO4)nc2cc1N. The monoisotopic (exact) mass is 282 g/mol. The van der Waals surface area contributed by atoms with E-state index < -0.39 is 0 Å². The number of fused-ring (bicyclic) bond motifs is 2. The molecular formula is C15H14N4O2. The highest BCUT2D eigenvalue weighted by Crippen LogP contribution is 2.32. The Morgan fingerprint density at radius 2 is 1.71 bits per heavy atom. The van der Waals surface area contributed by atoms with Crippen molar-refractivity contribution >= 4 is 16.7 Å². The smallest absolute Gasteiger partial charge is 0.163 e. The number of aromatic nitrogens is 3. The second-order valence-corrected chi connectivity index (χ2v) is 5.01. The zero-order valence-corrected chi connectivity index (χ0v) is 11.5. The first kappa shape index (κ1) is 12.0. The van der Waals surface area contributed by atoms with Gasteiger partial charge in [0.2, 0.25) is 0 Å². The molecule has 106 valence electrons. The summed E-state index contributed by atoms with van der Waals surface area (Å²) in [5, 5.41) is 8.95. The fourth-order valence-corrected chi connectivity index (χ4v) is 2.36. The van der Waals surface area contributed by atoms with Gasteiger partial charge >= 0.3 is 0 Å². The van der Waals surface area contributed by atoms with Crippen LogP contribution in [0.1, 0.15) is 5.56 Å². The summed E-state index contributed by atoms with van der Waals surface area (Å²) < 4.78 is 11.1. The number of hydrogen-bond acceptors (Lipinski definition) is 5. The van der Waals surface area contributed by atoms with E-state index in [0.29, 0.717) is 13.2 Å². The van der Waals surface area contributed by atoms with Crippen LogP contribution in [0, 0.1) is 6.92 Å². The van der Waals surface area contributed by atoms with Crippen LogP contribution in [0.5, 0.6) is 11.5 Å². The molecule has 0 bridgehead atoms. The number of hydrogen-bond donors (Lipinski definition) is 1. The maximum absolute atomic E-state index is 5.91. The molecule has 0 saturated carbocycles. The number of ether oxygens (including phenoxy) is 2. The highest BCUT2D eigenvalue weighted by Gasteiger charge is 2.14. The molecule has 1 aliphatic rings. The van der Waals surface area contributed by atoms with Crippen molar-refractivity contribution in [3.63, 3.8) is 0 Å². The number of rotatable bonds is 1. The molecule has 0 unspecified atom stereocenters. The van der Waals surface area contributed by atoms with E-state index in [1.807, 2.05) is 37.3 Å². The van der Waals surface area contributed by atoms with Crippen molar-refractivity contribution in [1.29, 1.82) is 0 Å². The molecule has 1 aromatic heterocycles. The topological polar surface area (TPSA) is 75.2 Å². The second kappa shape index (κ2) is 4.37. The Kier molecular flexibility index (Phi) is 2.50. The fraction of sp³-hybridized carbons (Fsp3) is 0.200. The Morgan fingerprint density at radius 3 is 2.52 bits per heavy atom. The fourth-order valence-electron chi connectivity index (χ4n) is 2.36. The summed E-state index contributed by atoms with van der Waals surface area (Å²) in [7, 11) is 0. The number of nitrogens with zero attached hydrogens (tertiary/aromatic N) is 3. The molecule has 0 atom stereocenters. The standard InChI is InChI=1S/C15H14N4O2/c1-9-6-12-13(8-11(9)16)18-19(17-12)10-2-3-14-15(7-10)21-5-4-20-14/h2-3,6-8H,4-5,16H2,1H3. The minimum Gasteiger partial charge on any atom is -0.486 e. The quantitative estimate of drug-likeness (QED) is 0.692. The summed E-state index contributed by atoms with van der Waals surface area (Å²) in [5.74, 6) is 1.47. The average Bonchev–Trinajstić information content (AvgIpc) is 2.90. The van der Waals surface area contributed by atoms with Gasteiger partial charge in [-0.15, -0.1) is 10.2 Å². The number of anilines is 1. The molecule has 21 heavy (non-hydrogen) atoms. The van der Waals surface area contributed by atoms with Gasteiger partial charge in [-0.1, -0.05) is 0 Å². The molecule has 3 aromatic rings. The lowest BCUT2D eigenvalue weighted by molar-refractivity contribution is 0.171. The van der Waals surface area contributed by atoms with Crippen LogP contribution >= 0.6 is 0 Å². The number of nitrogen functional groups attached to an aromatic ring is 1. The lowest BCUT2D eigenvalue weighted by atomic mass is 10.2. The zero-order chi connectivity index (χ0) is 14.4. The molecule has 0 saturated heterocycles. The van der Waals surface area contributed by atoms with Gasteiger partial charge in [0.05, 0.1) is 5.69 Å². The molecule has 0 radical (unpaired) electrons. The maximum Gasteiger partial charge on any atom is 0.163 e. The molecule has 0 aliphatic carbocycles. The predicted octanol–water partition coefficient (Wildman–Crippen LogP) is 2.08. The van der Waals surface area contributed by atoms with Gasteiger partial charge in [0, 0.05) is 11.8 Å². The second-order valence-electron chi connectivity index (χ2n) is 5.01. The van der Waals surface area contributed by atoms with Gasteiger partial charge in [0.25, 0.3) is 0 Å². The Labute approximate surface area is 121 Å². The van der Waals surface area contributed by atoms with E-state index in [4.69, 9.17) is 15.2 Å². The van der Waals surface area contributed by atoms with Crippen molar-refractivity contribution in [1.82, 2.24) is 15.0 Å². The minimum absolute atomic E-state index is 0.556. The third-order valence-corrected chi connectivity index (χ3v) is 3.52. The Hall–Kier alpha value is -2.76. The van der Waals surface area contributed by atoms with Crippen molar-refractivity contribution in [2.45, 2.75) is 6.92 Å². The third kappa shape index (κ3) is 1.96. The predicted molar refractivity (Wildman–Crippen MR) is 79.0 cm³/mol. The minimum atomic E-state index is 0.556. The Morgan fingerprint density at radius 1 is 1.00 bits per heavy atom. The summed E-state index contributed by atoms with van der Waals surface area (Å²) in [6.45, 7) is 3.09. The Bertz CT molecular complexity index is 802. The molecule has 1 aliphatic heterocycles. The van der Waals surface area contributed by atoms with Crippen LogP contribution in [-0.4, -0.2) is 28.2 Å². The van der Waals surface area contributed by atoms with Crippen molar-refractivity contribution in [2.75, 3.05) is 18.9 Å². The molecule has 2 N–H and O–H groups in total. The normalized spacial score (nSPS) is 13.6. The van der Waals surface area contributed by atoms with Crippen LogP contribution in [0.2, 0.25) is 0 Å². The first-order valence-corrected chi connectivity index (χ1v) is 6.74. The molecule has 0 spiro atoms.